The van der Waals surface area contributed by atoms with Crippen molar-refractivity contribution < 1.29 is 14.3 Å². The SMILES string of the molecule is CC(CC(=O)O)Cc1nnc(C2Cc3ccccc3C2)o1. The van der Waals surface area contributed by atoms with Gasteiger partial charge in [0.05, 0.1) is 0 Å². The highest BCUT2D eigenvalue weighted by Gasteiger charge is 2.27. The number of hydrogen-bond donors (Lipinski definition) is 1. The number of hydrogen-bond acceptors (Lipinski definition) is 4. The molecule has 1 unspecified atom stereocenters. The number of carbonyl (C=O) groups is 1. The Morgan fingerprint density at radius 2 is 2.00 bits per heavy atom. The Hall–Kier alpha value is -2.17. The van der Waals surface area contributed by atoms with Crippen molar-refractivity contribution in [1.29, 1.82) is 0 Å². The molecule has 1 atom stereocenters. The normalized spacial score (nSPS) is 15.9. The zero-order chi connectivity index (χ0) is 14.8. The average Bonchev–Trinajstić information content (AvgIpc) is 3.03. The number of benzene rings is 1. The fourth-order valence-corrected chi connectivity index (χ4v) is 2.92. The van der Waals surface area contributed by atoms with Gasteiger partial charge in [0.25, 0.3) is 0 Å². The Labute approximate surface area is 123 Å². The molecule has 0 saturated heterocycles. The van der Waals surface area contributed by atoms with Crippen molar-refractivity contribution in [3.05, 3.63) is 47.2 Å². The zero-order valence-corrected chi connectivity index (χ0v) is 12.0. The first-order chi connectivity index (χ1) is 10.1. The summed E-state index contributed by atoms with van der Waals surface area (Å²) < 4.78 is 5.74. The molecule has 3 rings (SSSR count). The second-order valence-electron chi connectivity index (χ2n) is 5.82. The Morgan fingerprint density at radius 1 is 1.33 bits per heavy atom. The Bertz CT molecular complexity index is 625. The molecular weight excluding hydrogens is 268 g/mol. The number of carboxylic acid groups (broad SMARTS) is 1. The van der Waals surface area contributed by atoms with Crippen molar-refractivity contribution in [3.8, 4) is 0 Å². The van der Waals surface area contributed by atoms with Crippen molar-refractivity contribution >= 4 is 5.97 Å². The van der Waals surface area contributed by atoms with E-state index in [0.717, 1.165) is 12.8 Å². The summed E-state index contributed by atoms with van der Waals surface area (Å²) in [6.45, 7) is 1.88. The van der Waals surface area contributed by atoms with E-state index in [2.05, 4.69) is 22.3 Å². The van der Waals surface area contributed by atoms with Gasteiger partial charge in [0.1, 0.15) is 0 Å². The van der Waals surface area contributed by atoms with Crippen LogP contribution in [0, 0.1) is 5.92 Å². The zero-order valence-electron chi connectivity index (χ0n) is 12.0. The van der Waals surface area contributed by atoms with Crippen LogP contribution in [0.25, 0.3) is 0 Å². The van der Waals surface area contributed by atoms with E-state index in [4.69, 9.17) is 9.52 Å². The molecule has 1 N–H and O–H groups in total. The third-order valence-electron chi connectivity index (χ3n) is 3.93. The minimum atomic E-state index is -0.798. The largest absolute Gasteiger partial charge is 0.481 e. The standard InChI is InChI=1S/C16H18N2O3/c1-10(7-15(19)20)6-14-17-18-16(21-14)13-8-11-4-2-3-5-12(11)9-13/h2-5,10,13H,6-9H2,1H3,(H,19,20). The minimum absolute atomic E-state index is 0.00317. The second-order valence-corrected chi connectivity index (χ2v) is 5.82. The van der Waals surface area contributed by atoms with E-state index in [-0.39, 0.29) is 18.3 Å². The molecule has 0 spiro atoms. The van der Waals surface area contributed by atoms with E-state index in [1.54, 1.807) is 0 Å². The molecule has 110 valence electrons. The number of nitrogens with zero attached hydrogens (tertiary/aromatic N) is 2. The first-order valence-electron chi connectivity index (χ1n) is 7.22. The van der Waals surface area contributed by atoms with Crippen molar-refractivity contribution in [2.45, 2.75) is 38.5 Å². The number of aromatic nitrogens is 2. The summed E-state index contributed by atoms with van der Waals surface area (Å²) in [4.78, 5) is 10.7. The quantitative estimate of drug-likeness (QED) is 0.914. The number of carboxylic acids is 1. The monoisotopic (exact) mass is 286 g/mol. The average molecular weight is 286 g/mol. The molecule has 5 nitrogen and oxygen atoms in total. The van der Waals surface area contributed by atoms with Gasteiger partial charge in [0.15, 0.2) is 0 Å². The molecule has 0 aliphatic heterocycles. The summed E-state index contributed by atoms with van der Waals surface area (Å²) in [6, 6.07) is 8.38. The lowest BCUT2D eigenvalue weighted by Crippen LogP contribution is -2.07. The first-order valence-corrected chi connectivity index (χ1v) is 7.22. The topological polar surface area (TPSA) is 76.2 Å². The maximum Gasteiger partial charge on any atom is 0.303 e. The Balaban J connectivity index is 1.65. The molecular formula is C16H18N2O3. The van der Waals surface area contributed by atoms with Crippen molar-refractivity contribution in [2.75, 3.05) is 0 Å². The van der Waals surface area contributed by atoms with Crippen molar-refractivity contribution in [3.63, 3.8) is 0 Å². The molecule has 0 saturated carbocycles. The highest BCUT2D eigenvalue weighted by atomic mass is 16.4. The molecule has 0 fully saturated rings. The minimum Gasteiger partial charge on any atom is -0.481 e. The lowest BCUT2D eigenvalue weighted by Gasteiger charge is -2.04. The first kappa shape index (κ1) is 13.8. The summed E-state index contributed by atoms with van der Waals surface area (Å²) >= 11 is 0. The number of aliphatic carboxylic acids is 1. The van der Waals surface area contributed by atoms with E-state index in [0.29, 0.717) is 18.2 Å². The molecule has 1 aliphatic carbocycles. The van der Waals surface area contributed by atoms with E-state index >= 15 is 0 Å². The smallest absolute Gasteiger partial charge is 0.303 e. The fourth-order valence-electron chi connectivity index (χ4n) is 2.92. The van der Waals surface area contributed by atoms with E-state index in [9.17, 15) is 4.79 Å². The molecule has 2 aromatic rings. The Morgan fingerprint density at radius 3 is 2.62 bits per heavy atom. The molecule has 21 heavy (non-hydrogen) atoms. The summed E-state index contributed by atoms with van der Waals surface area (Å²) in [5, 5.41) is 17.0. The van der Waals surface area contributed by atoms with Gasteiger partial charge in [-0.15, -0.1) is 10.2 Å². The number of fused-ring (bicyclic) bond motifs is 1. The van der Waals surface area contributed by atoms with Crippen LogP contribution in [0.5, 0.6) is 0 Å². The van der Waals surface area contributed by atoms with Crippen LogP contribution in [0.15, 0.2) is 28.7 Å². The second kappa shape index (κ2) is 5.68. The van der Waals surface area contributed by atoms with Gasteiger partial charge >= 0.3 is 5.97 Å². The van der Waals surface area contributed by atoms with Crippen LogP contribution in [-0.2, 0) is 24.1 Å². The van der Waals surface area contributed by atoms with Gasteiger partial charge in [-0.05, 0) is 29.9 Å². The van der Waals surface area contributed by atoms with Gasteiger partial charge in [0, 0.05) is 18.8 Å². The van der Waals surface area contributed by atoms with E-state index in [1.807, 2.05) is 19.1 Å². The Kier molecular flexibility index (Phi) is 3.73. The maximum atomic E-state index is 10.7. The molecule has 1 aromatic heterocycles. The maximum absolute atomic E-state index is 10.7. The summed E-state index contributed by atoms with van der Waals surface area (Å²) in [7, 11) is 0. The highest BCUT2D eigenvalue weighted by Crippen LogP contribution is 2.33. The van der Waals surface area contributed by atoms with Crippen LogP contribution in [0.1, 0.15) is 42.2 Å². The lowest BCUT2D eigenvalue weighted by atomic mass is 10.0. The van der Waals surface area contributed by atoms with Gasteiger partial charge in [-0.2, -0.15) is 0 Å². The molecule has 5 heteroatoms. The summed E-state index contributed by atoms with van der Waals surface area (Å²) in [5.41, 5.74) is 2.70. The molecule has 0 radical (unpaired) electrons. The van der Waals surface area contributed by atoms with Gasteiger partial charge in [-0.1, -0.05) is 31.2 Å². The van der Waals surface area contributed by atoms with Crippen LogP contribution >= 0.6 is 0 Å². The molecule has 0 amide bonds. The summed E-state index contributed by atoms with van der Waals surface area (Å²) in [6.07, 6.45) is 2.50. The van der Waals surface area contributed by atoms with Gasteiger partial charge in [-0.25, -0.2) is 0 Å². The highest BCUT2D eigenvalue weighted by molar-refractivity contribution is 5.66. The van der Waals surface area contributed by atoms with Crippen LogP contribution in [0.2, 0.25) is 0 Å². The molecule has 1 heterocycles. The van der Waals surface area contributed by atoms with Gasteiger partial charge in [-0.3, -0.25) is 4.79 Å². The van der Waals surface area contributed by atoms with Crippen LogP contribution in [-0.4, -0.2) is 21.3 Å². The van der Waals surface area contributed by atoms with E-state index in [1.165, 1.54) is 11.1 Å². The molecule has 1 aromatic carbocycles. The van der Waals surface area contributed by atoms with E-state index < -0.39 is 5.97 Å². The van der Waals surface area contributed by atoms with Gasteiger partial charge < -0.3 is 9.52 Å². The van der Waals surface area contributed by atoms with Crippen LogP contribution in [0.4, 0.5) is 0 Å². The third kappa shape index (κ3) is 3.12. The van der Waals surface area contributed by atoms with Crippen molar-refractivity contribution in [1.82, 2.24) is 10.2 Å². The third-order valence-corrected chi connectivity index (χ3v) is 3.93. The molecule has 0 bridgehead atoms. The van der Waals surface area contributed by atoms with Gasteiger partial charge in [0.2, 0.25) is 11.8 Å². The number of rotatable bonds is 5. The van der Waals surface area contributed by atoms with Crippen LogP contribution in [0.3, 0.4) is 0 Å². The van der Waals surface area contributed by atoms with Crippen molar-refractivity contribution in [2.24, 2.45) is 5.92 Å². The lowest BCUT2D eigenvalue weighted by molar-refractivity contribution is -0.137. The van der Waals surface area contributed by atoms with Crippen LogP contribution < -0.4 is 0 Å². The fraction of sp³-hybridized carbons (Fsp3) is 0.438. The predicted molar refractivity (Wildman–Crippen MR) is 76.0 cm³/mol. The predicted octanol–water partition coefficient (Wildman–Crippen LogP) is 2.61. The summed E-state index contributed by atoms with van der Waals surface area (Å²) in [5.74, 6) is 0.655. The molecule has 1 aliphatic rings.